The third kappa shape index (κ3) is 3.71. The lowest BCUT2D eigenvalue weighted by Gasteiger charge is -2.18. The Kier molecular flexibility index (Phi) is 5.11. The quantitative estimate of drug-likeness (QED) is 0.437. The molecule has 0 aliphatic heterocycles. The Labute approximate surface area is 82.1 Å². The summed E-state index contributed by atoms with van der Waals surface area (Å²) >= 11 is 0. The Morgan fingerprint density at radius 2 is 1.93 bits per heavy atom. The minimum Gasteiger partial charge on any atom is -0.480 e. The maximum atomic E-state index is 11.2. The molecule has 0 aromatic rings. The minimum atomic E-state index is -1.28. The van der Waals surface area contributed by atoms with Crippen LogP contribution in [0.5, 0.6) is 0 Å². The number of aliphatic carboxylic acids is 1. The fraction of sp³-hybridized carbons (Fsp3) is 0.750. The van der Waals surface area contributed by atoms with Gasteiger partial charge in [-0.3, -0.25) is 4.79 Å². The second-order valence-corrected chi connectivity index (χ2v) is 3.35. The molecule has 1 unspecified atom stereocenters. The van der Waals surface area contributed by atoms with Gasteiger partial charge in [0.2, 0.25) is 5.91 Å². The van der Waals surface area contributed by atoms with Crippen molar-refractivity contribution in [1.82, 2.24) is 5.32 Å². The summed E-state index contributed by atoms with van der Waals surface area (Å²) in [4.78, 5) is 21.7. The number of carboxylic acid groups (broad SMARTS) is 1. The van der Waals surface area contributed by atoms with E-state index >= 15 is 0 Å². The van der Waals surface area contributed by atoms with E-state index in [9.17, 15) is 9.59 Å². The molecule has 0 aromatic carbocycles. The molecule has 0 radical (unpaired) electrons. The first-order chi connectivity index (χ1) is 6.40. The van der Waals surface area contributed by atoms with Gasteiger partial charge < -0.3 is 21.3 Å². The fourth-order valence-corrected chi connectivity index (χ4v) is 0.756. The lowest BCUT2D eigenvalue weighted by atomic mass is 10.0. The molecule has 0 saturated carbocycles. The summed E-state index contributed by atoms with van der Waals surface area (Å²) < 4.78 is 0. The zero-order valence-corrected chi connectivity index (χ0v) is 8.23. The Morgan fingerprint density at radius 1 is 1.43 bits per heavy atom. The topological polar surface area (TPSA) is 113 Å². The summed E-state index contributed by atoms with van der Waals surface area (Å²) in [5, 5.41) is 19.3. The lowest BCUT2D eigenvalue weighted by Crippen LogP contribution is -2.51. The van der Waals surface area contributed by atoms with E-state index in [2.05, 4.69) is 5.32 Å². The van der Waals surface area contributed by atoms with Crippen molar-refractivity contribution in [3.63, 3.8) is 0 Å². The highest BCUT2D eigenvalue weighted by Crippen LogP contribution is 1.98. The normalized spacial score (nSPS) is 14.9. The van der Waals surface area contributed by atoms with E-state index in [0.29, 0.717) is 0 Å². The number of carbonyl (C=O) groups excluding carboxylic acids is 1. The number of aliphatic hydroxyl groups excluding tert-OH is 1. The smallest absolute Gasteiger partial charge is 0.328 e. The van der Waals surface area contributed by atoms with Crippen molar-refractivity contribution in [3.8, 4) is 0 Å². The van der Waals surface area contributed by atoms with E-state index in [1.807, 2.05) is 0 Å². The van der Waals surface area contributed by atoms with Gasteiger partial charge in [0, 0.05) is 0 Å². The van der Waals surface area contributed by atoms with Gasteiger partial charge in [0.05, 0.1) is 12.6 Å². The Hall–Kier alpha value is -1.14. The van der Waals surface area contributed by atoms with Crippen molar-refractivity contribution in [3.05, 3.63) is 0 Å². The van der Waals surface area contributed by atoms with Crippen LogP contribution in [0.3, 0.4) is 0 Å². The molecule has 14 heavy (non-hydrogen) atoms. The van der Waals surface area contributed by atoms with Gasteiger partial charge in [0.1, 0.15) is 6.04 Å². The summed E-state index contributed by atoms with van der Waals surface area (Å²) in [5.74, 6) is -1.93. The van der Waals surface area contributed by atoms with E-state index in [1.54, 1.807) is 13.8 Å². The van der Waals surface area contributed by atoms with E-state index in [1.165, 1.54) is 0 Å². The molecule has 6 nitrogen and oxygen atoms in total. The largest absolute Gasteiger partial charge is 0.480 e. The summed E-state index contributed by atoms with van der Waals surface area (Å²) in [6.07, 6.45) is 0. The average molecular weight is 204 g/mol. The molecule has 1 amide bonds. The van der Waals surface area contributed by atoms with E-state index < -0.39 is 30.6 Å². The van der Waals surface area contributed by atoms with Crippen LogP contribution in [0.2, 0.25) is 0 Å². The number of hydrogen-bond donors (Lipinski definition) is 4. The van der Waals surface area contributed by atoms with Gasteiger partial charge in [-0.1, -0.05) is 13.8 Å². The van der Waals surface area contributed by atoms with Gasteiger partial charge in [0.25, 0.3) is 0 Å². The Balaban J connectivity index is 4.22. The Morgan fingerprint density at radius 3 is 2.21 bits per heavy atom. The predicted octanol–water partition coefficient (Wildman–Crippen LogP) is -1.47. The van der Waals surface area contributed by atoms with Crippen molar-refractivity contribution < 1.29 is 19.8 Å². The first-order valence-corrected chi connectivity index (χ1v) is 4.29. The summed E-state index contributed by atoms with van der Waals surface area (Å²) in [6, 6.07) is -2.05. The van der Waals surface area contributed by atoms with Crippen molar-refractivity contribution in [1.29, 1.82) is 0 Å². The Bertz CT molecular complexity index is 217. The lowest BCUT2D eigenvalue weighted by molar-refractivity contribution is -0.143. The molecule has 0 fully saturated rings. The van der Waals surface area contributed by atoms with Crippen molar-refractivity contribution in [2.45, 2.75) is 25.9 Å². The van der Waals surface area contributed by atoms with Crippen LogP contribution >= 0.6 is 0 Å². The third-order valence-corrected chi connectivity index (χ3v) is 1.82. The zero-order chi connectivity index (χ0) is 11.3. The highest BCUT2D eigenvalue weighted by Gasteiger charge is 2.23. The second kappa shape index (κ2) is 5.56. The second-order valence-electron chi connectivity index (χ2n) is 3.35. The minimum absolute atomic E-state index is 0.0804. The van der Waals surface area contributed by atoms with Gasteiger partial charge in [-0.05, 0) is 5.92 Å². The summed E-state index contributed by atoms with van der Waals surface area (Å²) in [6.45, 7) is 2.85. The highest BCUT2D eigenvalue weighted by atomic mass is 16.4. The molecule has 5 N–H and O–H groups in total. The monoisotopic (exact) mass is 204 g/mol. The molecular formula is C8H16N2O4. The molecule has 82 valence electrons. The molecule has 0 spiro atoms. The maximum absolute atomic E-state index is 11.2. The van der Waals surface area contributed by atoms with Crippen molar-refractivity contribution >= 4 is 11.9 Å². The highest BCUT2D eigenvalue weighted by molar-refractivity contribution is 5.86. The van der Waals surface area contributed by atoms with Crippen LogP contribution < -0.4 is 11.1 Å². The van der Waals surface area contributed by atoms with Crippen LogP contribution in [0.1, 0.15) is 13.8 Å². The predicted molar refractivity (Wildman–Crippen MR) is 49.5 cm³/mol. The van der Waals surface area contributed by atoms with Gasteiger partial charge in [-0.25, -0.2) is 4.79 Å². The number of nitrogens with two attached hydrogens (primary N) is 1. The SMILES string of the molecule is CC(C)[C@@H](N)C(=O)NC(CO)C(=O)O. The van der Waals surface area contributed by atoms with Crippen molar-refractivity contribution in [2.24, 2.45) is 11.7 Å². The van der Waals surface area contributed by atoms with E-state index in [0.717, 1.165) is 0 Å². The first kappa shape index (κ1) is 12.9. The molecule has 6 heteroatoms. The number of nitrogens with one attached hydrogen (secondary N) is 1. The van der Waals surface area contributed by atoms with Crippen LogP contribution in [0.4, 0.5) is 0 Å². The molecule has 0 aliphatic rings. The van der Waals surface area contributed by atoms with Crippen molar-refractivity contribution in [2.75, 3.05) is 6.61 Å². The van der Waals surface area contributed by atoms with Crippen LogP contribution in [-0.4, -0.2) is 40.8 Å². The number of rotatable bonds is 5. The molecule has 0 saturated heterocycles. The van der Waals surface area contributed by atoms with Gasteiger partial charge in [0.15, 0.2) is 0 Å². The van der Waals surface area contributed by atoms with Gasteiger partial charge >= 0.3 is 5.97 Å². The molecule has 0 aliphatic carbocycles. The molecule has 2 atom stereocenters. The fourth-order valence-electron chi connectivity index (χ4n) is 0.756. The molecule has 0 rings (SSSR count). The number of carboxylic acids is 1. The maximum Gasteiger partial charge on any atom is 0.328 e. The number of carbonyl (C=O) groups is 2. The zero-order valence-electron chi connectivity index (χ0n) is 8.23. The third-order valence-electron chi connectivity index (χ3n) is 1.82. The molecular weight excluding hydrogens is 188 g/mol. The van der Waals surface area contributed by atoms with Crippen LogP contribution in [0.15, 0.2) is 0 Å². The first-order valence-electron chi connectivity index (χ1n) is 4.29. The van der Waals surface area contributed by atoms with Gasteiger partial charge in [-0.2, -0.15) is 0 Å². The average Bonchev–Trinajstić information content (AvgIpc) is 2.11. The standard InChI is InChI=1S/C8H16N2O4/c1-4(2)6(9)7(12)10-5(3-11)8(13)14/h4-6,11H,3,9H2,1-2H3,(H,10,12)(H,13,14)/t5?,6-/m1/s1. The van der Waals surface area contributed by atoms with E-state index in [4.69, 9.17) is 15.9 Å². The van der Waals surface area contributed by atoms with Crippen LogP contribution in [0.25, 0.3) is 0 Å². The molecule has 0 heterocycles. The van der Waals surface area contributed by atoms with Gasteiger partial charge in [-0.15, -0.1) is 0 Å². The van der Waals surface area contributed by atoms with Crippen LogP contribution in [-0.2, 0) is 9.59 Å². The van der Waals surface area contributed by atoms with E-state index in [-0.39, 0.29) is 5.92 Å². The number of aliphatic hydroxyl groups is 1. The number of amides is 1. The summed E-state index contributed by atoms with van der Waals surface area (Å²) in [5.41, 5.74) is 5.48. The van der Waals surface area contributed by atoms with Crippen LogP contribution in [0, 0.1) is 5.92 Å². The molecule has 0 bridgehead atoms. The molecule has 0 aromatic heterocycles. The number of hydrogen-bond acceptors (Lipinski definition) is 4. The summed E-state index contributed by atoms with van der Waals surface area (Å²) in [7, 11) is 0.